The minimum Gasteiger partial charge on any atom is -0.497 e. The number of β-amino-alcohol motifs (C(OH)–C–C–N with tert-alkyl or cyclic N) is 1. The van der Waals surface area contributed by atoms with Gasteiger partial charge in [0, 0.05) is 19.2 Å². The molecule has 2 aromatic heterocycles. The standard InChI is InChI=1S/C22H23N5O3/c1-26-18-6-4-3-5-17(18)23-20(26)13-27-12-15(28)11-19(27)22-24-21(25-30-22)14-7-9-16(29-2)10-8-14/h3-10,15,19,28H,11-13H2,1-2H3/t15-,19+/m1/s1. The van der Waals surface area contributed by atoms with E-state index in [0.29, 0.717) is 31.2 Å². The lowest BCUT2D eigenvalue weighted by Gasteiger charge is -2.20. The van der Waals surface area contributed by atoms with E-state index in [1.54, 1.807) is 7.11 Å². The summed E-state index contributed by atoms with van der Waals surface area (Å²) in [5.41, 5.74) is 2.90. The number of aliphatic hydroxyl groups is 1. The number of imidazole rings is 1. The van der Waals surface area contributed by atoms with E-state index in [9.17, 15) is 5.11 Å². The van der Waals surface area contributed by atoms with Crippen LogP contribution in [0, 0.1) is 0 Å². The molecule has 2 atom stereocenters. The minimum atomic E-state index is -0.443. The molecule has 154 valence electrons. The third kappa shape index (κ3) is 3.34. The van der Waals surface area contributed by atoms with E-state index in [4.69, 9.17) is 14.2 Å². The molecule has 4 aromatic rings. The fourth-order valence-corrected chi connectivity index (χ4v) is 4.06. The van der Waals surface area contributed by atoms with Gasteiger partial charge in [0.2, 0.25) is 11.7 Å². The summed E-state index contributed by atoms with van der Waals surface area (Å²) in [4.78, 5) is 11.5. The quantitative estimate of drug-likeness (QED) is 0.546. The summed E-state index contributed by atoms with van der Waals surface area (Å²) in [6.45, 7) is 1.13. The summed E-state index contributed by atoms with van der Waals surface area (Å²) in [6.07, 6.45) is 0.106. The van der Waals surface area contributed by atoms with Crippen LogP contribution in [0.4, 0.5) is 0 Å². The van der Waals surface area contributed by atoms with Gasteiger partial charge in [-0.1, -0.05) is 17.3 Å². The number of para-hydroxylation sites is 2. The van der Waals surface area contributed by atoms with Gasteiger partial charge in [-0.05, 0) is 42.8 Å². The van der Waals surface area contributed by atoms with Crippen LogP contribution < -0.4 is 4.74 Å². The molecule has 0 radical (unpaired) electrons. The third-order valence-corrected chi connectivity index (χ3v) is 5.68. The van der Waals surface area contributed by atoms with Gasteiger partial charge >= 0.3 is 0 Å². The van der Waals surface area contributed by atoms with E-state index in [-0.39, 0.29) is 6.04 Å². The fourth-order valence-electron chi connectivity index (χ4n) is 4.06. The first-order valence-electron chi connectivity index (χ1n) is 9.93. The third-order valence-electron chi connectivity index (χ3n) is 5.68. The van der Waals surface area contributed by atoms with Gasteiger partial charge in [-0.25, -0.2) is 4.98 Å². The molecule has 0 saturated carbocycles. The number of methoxy groups -OCH3 is 1. The largest absolute Gasteiger partial charge is 0.497 e. The monoisotopic (exact) mass is 405 g/mol. The van der Waals surface area contributed by atoms with Crippen molar-refractivity contribution in [3.05, 3.63) is 60.2 Å². The Hall–Kier alpha value is -3.23. The molecule has 0 bridgehead atoms. The minimum absolute atomic E-state index is 0.153. The molecule has 2 aromatic carbocycles. The Balaban J connectivity index is 1.40. The summed E-state index contributed by atoms with van der Waals surface area (Å²) >= 11 is 0. The van der Waals surface area contributed by atoms with Crippen molar-refractivity contribution in [3.63, 3.8) is 0 Å². The molecule has 30 heavy (non-hydrogen) atoms. The van der Waals surface area contributed by atoms with Gasteiger partial charge < -0.3 is 18.9 Å². The fraction of sp³-hybridized carbons (Fsp3) is 0.318. The average Bonchev–Trinajstić information content (AvgIpc) is 3.47. The molecule has 8 heteroatoms. The van der Waals surface area contributed by atoms with E-state index in [1.165, 1.54) is 0 Å². The van der Waals surface area contributed by atoms with Crippen molar-refractivity contribution in [2.75, 3.05) is 13.7 Å². The highest BCUT2D eigenvalue weighted by atomic mass is 16.5. The smallest absolute Gasteiger partial charge is 0.244 e. The first-order chi connectivity index (χ1) is 14.6. The van der Waals surface area contributed by atoms with Gasteiger partial charge in [0.15, 0.2) is 0 Å². The van der Waals surface area contributed by atoms with Gasteiger partial charge in [0.25, 0.3) is 0 Å². The van der Waals surface area contributed by atoms with Gasteiger partial charge in [-0.3, -0.25) is 4.90 Å². The summed E-state index contributed by atoms with van der Waals surface area (Å²) in [6, 6.07) is 15.4. The van der Waals surface area contributed by atoms with E-state index in [0.717, 1.165) is 28.2 Å². The Morgan fingerprint density at radius 3 is 2.70 bits per heavy atom. The molecule has 0 unspecified atom stereocenters. The predicted molar refractivity (Wildman–Crippen MR) is 111 cm³/mol. The molecule has 1 saturated heterocycles. The van der Waals surface area contributed by atoms with Crippen molar-refractivity contribution in [3.8, 4) is 17.1 Å². The SMILES string of the molecule is COc1ccc(-c2noc([C@@H]3C[C@@H](O)CN3Cc3nc4ccccc4n3C)n2)cc1. The van der Waals surface area contributed by atoms with Crippen molar-refractivity contribution in [1.82, 2.24) is 24.6 Å². The highest BCUT2D eigenvalue weighted by molar-refractivity contribution is 5.75. The Morgan fingerprint density at radius 1 is 1.13 bits per heavy atom. The molecule has 1 aliphatic rings. The molecule has 1 fully saturated rings. The maximum atomic E-state index is 10.3. The zero-order valence-corrected chi connectivity index (χ0v) is 16.9. The van der Waals surface area contributed by atoms with Crippen molar-refractivity contribution in [2.45, 2.75) is 25.1 Å². The average molecular weight is 405 g/mol. The Bertz CT molecular complexity index is 1170. The predicted octanol–water partition coefficient (Wildman–Crippen LogP) is 2.94. The molecule has 1 N–H and O–H groups in total. The lowest BCUT2D eigenvalue weighted by Crippen LogP contribution is -2.26. The first-order valence-corrected chi connectivity index (χ1v) is 9.93. The van der Waals surface area contributed by atoms with Crippen LogP contribution in [0.2, 0.25) is 0 Å². The Kier molecular flexibility index (Phi) is 4.72. The van der Waals surface area contributed by atoms with E-state index in [2.05, 4.69) is 25.7 Å². The van der Waals surface area contributed by atoms with Gasteiger partial charge in [-0.2, -0.15) is 4.98 Å². The number of aromatic nitrogens is 4. The van der Waals surface area contributed by atoms with Crippen LogP contribution >= 0.6 is 0 Å². The molecule has 0 aliphatic carbocycles. The van der Waals surface area contributed by atoms with E-state index >= 15 is 0 Å². The lowest BCUT2D eigenvalue weighted by atomic mass is 10.2. The van der Waals surface area contributed by atoms with Crippen LogP contribution in [0.15, 0.2) is 53.1 Å². The van der Waals surface area contributed by atoms with Crippen LogP contribution in [0.5, 0.6) is 5.75 Å². The molecule has 1 aliphatic heterocycles. The Morgan fingerprint density at radius 2 is 1.93 bits per heavy atom. The highest BCUT2D eigenvalue weighted by Gasteiger charge is 2.36. The summed E-state index contributed by atoms with van der Waals surface area (Å²) in [7, 11) is 3.65. The van der Waals surface area contributed by atoms with Crippen molar-refractivity contribution in [1.29, 1.82) is 0 Å². The maximum Gasteiger partial charge on any atom is 0.244 e. The summed E-state index contributed by atoms with van der Waals surface area (Å²) in [5, 5.41) is 14.5. The van der Waals surface area contributed by atoms with Crippen LogP contribution in [0.3, 0.4) is 0 Å². The number of rotatable bonds is 5. The lowest BCUT2D eigenvalue weighted by molar-refractivity contribution is 0.167. The number of benzene rings is 2. The molecule has 0 amide bonds. The van der Waals surface area contributed by atoms with E-state index in [1.807, 2.05) is 49.5 Å². The number of nitrogens with zero attached hydrogens (tertiary/aromatic N) is 5. The molecular formula is C22H23N5O3. The number of ether oxygens (including phenoxy) is 1. The number of likely N-dealkylation sites (tertiary alicyclic amines) is 1. The zero-order valence-electron chi connectivity index (χ0n) is 16.9. The van der Waals surface area contributed by atoms with Gasteiger partial charge in [-0.15, -0.1) is 0 Å². The molecule has 5 rings (SSSR count). The molecular weight excluding hydrogens is 382 g/mol. The van der Waals surface area contributed by atoms with Gasteiger partial charge in [0.1, 0.15) is 11.6 Å². The maximum absolute atomic E-state index is 10.3. The van der Waals surface area contributed by atoms with Crippen molar-refractivity contribution in [2.24, 2.45) is 7.05 Å². The summed E-state index contributed by atoms with van der Waals surface area (Å²) < 4.78 is 12.9. The number of hydrogen-bond acceptors (Lipinski definition) is 7. The number of hydrogen-bond donors (Lipinski definition) is 1. The van der Waals surface area contributed by atoms with Gasteiger partial charge in [0.05, 0.1) is 36.8 Å². The van der Waals surface area contributed by atoms with Crippen LogP contribution in [0.1, 0.15) is 24.2 Å². The summed E-state index contributed by atoms with van der Waals surface area (Å²) in [5.74, 6) is 2.74. The number of aliphatic hydroxyl groups excluding tert-OH is 1. The van der Waals surface area contributed by atoms with E-state index < -0.39 is 6.10 Å². The molecule has 3 heterocycles. The molecule has 8 nitrogen and oxygen atoms in total. The second-order valence-corrected chi connectivity index (χ2v) is 7.60. The Labute approximate surface area is 173 Å². The second kappa shape index (κ2) is 7.55. The first kappa shape index (κ1) is 18.8. The van der Waals surface area contributed by atoms with Crippen LogP contribution in [0.25, 0.3) is 22.4 Å². The molecule has 0 spiro atoms. The second-order valence-electron chi connectivity index (χ2n) is 7.60. The van der Waals surface area contributed by atoms with Crippen molar-refractivity contribution >= 4 is 11.0 Å². The normalized spacial score (nSPS) is 19.6. The zero-order chi connectivity index (χ0) is 20.7. The van der Waals surface area contributed by atoms with Crippen molar-refractivity contribution < 1.29 is 14.4 Å². The highest BCUT2D eigenvalue weighted by Crippen LogP contribution is 2.34. The van der Waals surface area contributed by atoms with Crippen LogP contribution in [-0.4, -0.2) is 49.5 Å². The topological polar surface area (TPSA) is 89.4 Å². The number of aryl methyl sites for hydroxylation is 1. The number of fused-ring (bicyclic) bond motifs is 1. The van der Waals surface area contributed by atoms with Crippen LogP contribution in [-0.2, 0) is 13.6 Å².